The standard InChI is InChI=1S/C22H27N3O4/c1-15(2)23-22(27)17(4)24(14-18-11-9-16(3)10-12-18)21(26)13-19-7-5-6-8-20(19)25(28)29/h5-12,15,17H,13-14H2,1-4H3,(H,23,27)/t17-/m0/s1. The van der Waals surface area contributed by atoms with Crippen LogP contribution in [0.3, 0.4) is 0 Å². The molecule has 0 bridgehead atoms. The number of para-hydroxylation sites is 1. The summed E-state index contributed by atoms with van der Waals surface area (Å²) in [5.74, 6) is -0.602. The number of rotatable bonds is 8. The molecule has 0 aliphatic carbocycles. The van der Waals surface area contributed by atoms with E-state index in [2.05, 4.69) is 5.32 Å². The summed E-state index contributed by atoms with van der Waals surface area (Å²) in [5.41, 5.74) is 2.20. The highest BCUT2D eigenvalue weighted by molar-refractivity contribution is 5.88. The van der Waals surface area contributed by atoms with E-state index < -0.39 is 11.0 Å². The minimum absolute atomic E-state index is 0.0588. The Morgan fingerprint density at radius 3 is 2.28 bits per heavy atom. The molecule has 1 N–H and O–H groups in total. The van der Waals surface area contributed by atoms with Crippen LogP contribution in [0.5, 0.6) is 0 Å². The summed E-state index contributed by atoms with van der Waals surface area (Å²) in [5, 5.41) is 14.1. The van der Waals surface area contributed by atoms with Crippen LogP contribution in [0, 0.1) is 17.0 Å². The Morgan fingerprint density at radius 2 is 1.69 bits per heavy atom. The molecule has 0 unspecified atom stereocenters. The van der Waals surface area contributed by atoms with Gasteiger partial charge in [0.2, 0.25) is 11.8 Å². The Kier molecular flexibility index (Phi) is 7.47. The fourth-order valence-corrected chi connectivity index (χ4v) is 2.98. The van der Waals surface area contributed by atoms with Gasteiger partial charge >= 0.3 is 0 Å². The van der Waals surface area contributed by atoms with Crippen LogP contribution >= 0.6 is 0 Å². The number of hydrogen-bond donors (Lipinski definition) is 1. The molecule has 0 saturated carbocycles. The lowest BCUT2D eigenvalue weighted by molar-refractivity contribution is -0.385. The molecule has 2 aromatic carbocycles. The van der Waals surface area contributed by atoms with E-state index in [9.17, 15) is 19.7 Å². The van der Waals surface area contributed by atoms with E-state index in [0.717, 1.165) is 11.1 Å². The maximum Gasteiger partial charge on any atom is 0.273 e. The third kappa shape index (κ3) is 6.14. The van der Waals surface area contributed by atoms with Crippen molar-refractivity contribution in [3.05, 3.63) is 75.3 Å². The topological polar surface area (TPSA) is 92.6 Å². The molecular formula is C22H27N3O4. The highest BCUT2D eigenvalue weighted by Crippen LogP contribution is 2.20. The normalized spacial score (nSPS) is 11.8. The fourth-order valence-electron chi connectivity index (χ4n) is 2.98. The van der Waals surface area contributed by atoms with E-state index in [4.69, 9.17) is 0 Å². The van der Waals surface area contributed by atoms with Gasteiger partial charge in [-0.1, -0.05) is 48.0 Å². The molecule has 2 aromatic rings. The zero-order valence-corrected chi connectivity index (χ0v) is 17.2. The first-order valence-electron chi connectivity index (χ1n) is 9.56. The van der Waals surface area contributed by atoms with Crippen LogP contribution in [0.15, 0.2) is 48.5 Å². The van der Waals surface area contributed by atoms with Crippen LogP contribution in [0.4, 0.5) is 5.69 Å². The van der Waals surface area contributed by atoms with Gasteiger partial charge in [0.1, 0.15) is 6.04 Å². The van der Waals surface area contributed by atoms with Gasteiger partial charge in [-0.25, -0.2) is 0 Å². The second-order valence-corrected chi connectivity index (χ2v) is 7.41. The van der Waals surface area contributed by atoms with Gasteiger partial charge in [0.25, 0.3) is 5.69 Å². The predicted octanol–water partition coefficient (Wildman–Crippen LogP) is 3.39. The summed E-state index contributed by atoms with van der Waals surface area (Å²) in [4.78, 5) is 37.9. The molecular weight excluding hydrogens is 370 g/mol. The summed E-state index contributed by atoms with van der Waals surface area (Å²) >= 11 is 0. The number of nitrogens with one attached hydrogen (secondary N) is 1. The Hall–Kier alpha value is -3.22. The summed E-state index contributed by atoms with van der Waals surface area (Å²) in [7, 11) is 0. The van der Waals surface area contributed by atoms with Crippen molar-refractivity contribution < 1.29 is 14.5 Å². The quantitative estimate of drug-likeness (QED) is 0.546. The van der Waals surface area contributed by atoms with Crippen LogP contribution in [0.1, 0.15) is 37.5 Å². The lowest BCUT2D eigenvalue weighted by atomic mass is 10.1. The predicted molar refractivity (Wildman–Crippen MR) is 111 cm³/mol. The largest absolute Gasteiger partial charge is 0.352 e. The molecule has 154 valence electrons. The highest BCUT2D eigenvalue weighted by atomic mass is 16.6. The first-order chi connectivity index (χ1) is 13.7. The highest BCUT2D eigenvalue weighted by Gasteiger charge is 2.28. The van der Waals surface area contributed by atoms with Crippen molar-refractivity contribution in [2.24, 2.45) is 0 Å². The number of nitro benzene ring substituents is 1. The minimum atomic E-state index is -0.714. The van der Waals surface area contributed by atoms with Gasteiger partial charge in [0.15, 0.2) is 0 Å². The number of hydrogen-bond acceptors (Lipinski definition) is 4. The Labute approximate surface area is 170 Å². The van der Waals surface area contributed by atoms with Crippen molar-refractivity contribution >= 4 is 17.5 Å². The average molecular weight is 397 g/mol. The van der Waals surface area contributed by atoms with Gasteiger partial charge < -0.3 is 10.2 Å². The number of benzene rings is 2. The summed E-state index contributed by atoms with van der Waals surface area (Å²) in [6, 6.07) is 13.1. The Balaban J connectivity index is 2.30. The number of nitrogens with zero attached hydrogens (tertiary/aromatic N) is 2. The monoisotopic (exact) mass is 397 g/mol. The molecule has 7 nitrogen and oxygen atoms in total. The average Bonchev–Trinajstić information content (AvgIpc) is 2.66. The summed E-state index contributed by atoms with van der Waals surface area (Å²) in [6.07, 6.45) is -0.150. The lowest BCUT2D eigenvalue weighted by Crippen LogP contribution is -2.49. The van der Waals surface area contributed by atoms with E-state index in [1.807, 2.05) is 45.0 Å². The molecule has 2 rings (SSSR count). The number of aryl methyl sites for hydroxylation is 1. The molecule has 0 spiro atoms. The number of nitro groups is 1. The van der Waals surface area contributed by atoms with Crippen LogP contribution in [0.25, 0.3) is 0 Å². The third-order valence-electron chi connectivity index (χ3n) is 4.60. The summed E-state index contributed by atoms with van der Waals surface area (Å²) < 4.78 is 0. The third-order valence-corrected chi connectivity index (χ3v) is 4.60. The van der Waals surface area contributed by atoms with Crippen molar-refractivity contribution in [3.63, 3.8) is 0 Å². The fraction of sp³-hybridized carbons (Fsp3) is 0.364. The van der Waals surface area contributed by atoms with E-state index in [0.29, 0.717) is 5.56 Å². The molecule has 0 aliphatic rings. The van der Waals surface area contributed by atoms with E-state index in [-0.39, 0.29) is 36.5 Å². The van der Waals surface area contributed by atoms with Crippen molar-refractivity contribution in [1.82, 2.24) is 10.2 Å². The molecule has 0 heterocycles. The van der Waals surface area contributed by atoms with Crippen LogP contribution in [0.2, 0.25) is 0 Å². The zero-order valence-electron chi connectivity index (χ0n) is 17.2. The van der Waals surface area contributed by atoms with Gasteiger partial charge in [-0.05, 0) is 33.3 Å². The minimum Gasteiger partial charge on any atom is -0.352 e. The van der Waals surface area contributed by atoms with E-state index >= 15 is 0 Å². The van der Waals surface area contributed by atoms with Gasteiger partial charge in [-0.15, -0.1) is 0 Å². The number of amides is 2. The molecule has 7 heteroatoms. The maximum absolute atomic E-state index is 13.1. The molecule has 0 saturated heterocycles. The first kappa shape index (κ1) is 22.1. The van der Waals surface area contributed by atoms with E-state index in [1.165, 1.54) is 11.0 Å². The number of carbonyl (C=O) groups excluding carboxylic acids is 2. The van der Waals surface area contributed by atoms with Crippen molar-refractivity contribution in [1.29, 1.82) is 0 Å². The molecule has 0 aliphatic heterocycles. The smallest absolute Gasteiger partial charge is 0.273 e. The molecule has 2 amide bonds. The van der Waals surface area contributed by atoms with E-state index in [1.54, 1.807) is 25.1 Å². The maximum atomic E-state index is 13.1. The first-order valence-corrected chi connectivity index (χ1v) is 9.56. The van der Waals surface area contributed by atoms with Crippen LogP contribution in [-0.2, 0) is 22.6 Å². The van der Waals surface area contributed by atoms with Crippen LogP contribution in [-0.4, -0.2) is 33.7 Å². The van der Waals surface area contributed by atoms with Crippen molar-refractivity contribution in [2.45, 2.75) is 52.7 Å². The Morgan fingerprint density at radius 1 is 1.07 bits per heavy atom. The summed E-state index contributed by atoms with van der Waals surface area (Å²) in [6.45, 7) is 7.59. The lowest BCUT2D eigenvalue weighted by Gasteiger charge is -2.29. The molecule has 0 radical (unpaired) electrons. The zero-order chi connectivity index (χ0) is 21.6. The number of carbonyl (C=O) groups is 2. The van der Waals surface area contributed by atoms with Gasteiger partial charge in [0, 0.05) is 24.2 Å². The molecule has 0 fully saturated rings. The SMILES string of the molecule is Cc1ccc(CN(C(=O)Cc2ccccc2[N+](=O)[O-])[C@@H](C)C(=O)NC(C)C)cc1. The van der Waals surface area contributed by atoms with Gasteiger partial charge in [-0.2, -0.15) is 0 Å². The van der Waals surface area contributed by atoms with Crippen molar-refractivity contribution in [2.75, 3.05) is 0 Å². The molecule has 1 atom stereocenters. The Bertz CT molecular complexity index is 878. The molecule has 29 heavy (non-hydrogen) atoms. The second kappa shape index (κ2) is 9.82. The van der Waals surface area contributed by atoms with Crippen molar-refractivity contribution in [3.8, 4) is 0 Å². The van der Waals surface area contributed by atoms with Crippen LogP contribution < -0.4 is 5.32 Å². The molecule has 0 aromatic heterocycles. The van der Waals surface area contributed by atoms with Gasteiger partial charge in [-0.3, -0.25) is 19.7 Å². The second-order valence-electron chi connectivity index (χ2n) is 7.41. The van der Waals surface area contributed by atoms with Gasteiger partial charge in [0.05, 0.1) is 11.3 Å².